The highest BCUT2D eigenvalue weighted by Crippen LogP contribution is 2.28. The number of H-pyrrole nitrogens is 1. The molecule has 2 heterocycles. The van der Waals surface area contributed by atoms with E-state index in [-0.39, 0.29) is 13.0 Å². The van der Waals surface area contributed by atoms with Gasteiger partial charge >= 0.3 is 11.7 Å². The molecule has 0 aromatic carbocycles. The third-order valence-corrected chi connectivity index (χ3v) is 4.00. The number of unbranched alkanes of at least 4 members (excludes halogenated alkanes) is 2. The van der Waals surface area contributed by atoms with Gasteiger partial charge in [0, 0.05) is 24.7 Å². The fourth-order valence-electron chi connectivity index (χ4n) is 2.59. The Morgan fingerprint density at radius 2 is 1.93 bits per heavy atom. The SMILES string of the molecule is CC(=O)[O-].[NH3+]CCCCCC(=O)OC[C@H]1O[C@@H](n2ccc(=O)[nH]c2=O)[C@H](O)[C@@H]1O. The number of hydrogen-bond acceptors (Lipinski definition) is 9. The van der Waals surface area contributed by atoms with Crippen molar-refractivity contribution < 1.29 is 40.1 Å². The quantitative estimate of drug-likeness (QED) is 0.242. The van der Waals surface area contributed by atoms with Crippen molar-refractivity contribution in [3.05, 3.63) is 33.1 Å². The number of carbonyl (C=O) groups excluding carboxylic acids is 2. The van der Waals surface area contributed by atoms with Gasteiger partial charge in [0.2, 0.25) is 0 Å². The number of nitrogens with one attached hydrogen (secondary N) is 1. The normalized spacial score (nSPS) is 23.2. The summed E-state index contributed by atoms with van der Waals surface area (Å²) in [5, 5.41) is 29.0. The monoisotopic (exact) mass is 417 g/mol. The van der Waals surface area contributed by atoms with Gasteiger partial charge in [-0.1, -0.05) is 0 Å². The fourth-order valence-corrected chi connectivity index (χ4v) is 2.59. The first kappa shape index (κ1) is 24.5. The first-order valence-electron chi connectivity index (χ1n) is 9.13. The third-order valence-electron chi connectivity index (χ3n) is 4.00. The van der Waals surface area contributed by atoms with Crippen LogP contribution in [0, 0.1) is 0 Å². The van der Waals surface area contributed by atoms with Gasteiger partial charge in [0.15, 0.2) is 6.23 Å². The Balaban J connectivity index is 0.000000960. The van der Waals surface area contributed by atoms with Crippen LogP contribution in [0.15, 0.2) is 21.9 Å². The summed E-state index contributed by atoms with van der Waals surface area (Å²) in [7, 11) is 0. The van der Waals surface area contributed by atoms with Crippen LogP contribution in [0.5, 0.6) is 0 Å². The van der Waals surface area contributed by atoms with Crippen LogP contribution in [0.2, 0.25) is 0 Å². The van der Waals surface area contributed by atoms with Crippen molar-refractivity contribution in [2.45, 2.75) is 57.1 Å². The summed E-state index contributed by atoms with van der Waals surface area (Å²) < 4.78 is 11.5. The number of carbonyl (C=O) groups is 2. The lowest BCUT2D eigenvalue weighted by Crippen LogP contribution is -2.50. The molecule has 0 saturated carbocycles. The molecule has 0 radical (unpaired) electrons. The van der Waals surface area contributed by atoms with E-state index in [1.54, 1.807) is 0 Å². The van der Waals surface area contributed by atoms with Crippen molar-refractivity contribution >= 4 is 11.9 Å². The molecule has 0 aliphatic carbocycles. The second-order valence-corrected chi connectivity index (χ2v) is 6.40. The number of hydrogen-bond donors (Lipinski definition) is 4. The zero-order chi connectivity index (χ0) is 22.0. The molecule has 164 valence electrons. The number of aliphatic hydroxyl groups excluding tert-OH is 2. The Labute approximate surface area is 165 Å². The molecular formula is C17H27N3O9. The van der Waals surface area contributed by atoms with Crippen molar-refractivity contribution in [2.75, 3.05) is 13.2 Å². The smallest absolute Gasteiger partial charge is 0.330 e. The fraction of sp³-hybridized carbons (Fsp3) is 0.647. The first-order chi connectivity index (χ1) is 13.7. The minimum atomic E-state index is -1.40. The van der Waals surface area contributed by atoms with Crippen molar-refractivity contribution in [2.24, 2.45) is 0 Å². The summed E-state index contributed by atoms with van der Waals surface area (Å²) >= 11 is 0. The number of quaternary nitrogens is 1. The van der Waals surface area contributed by atoms with E-state index in [4.69, 9.17) is 19.4 Å². The summed E-state index contributed by atoms with van der Waals surface area (Å²) in [5.74, 6) is -1.50. The molecular weight excluding hydrogens is 390 g/mol. The highest BCUT2D eigenvalue weighted by atomic mass is 16.6. The van der Waals surface area contributed by atoms with E-state index in [2.05, 4.69) is 5.73 Å². The average Bonchev–Trinajstić information content (AvgIpc) is 2.91. The second-order valence-electron chi connectivity index (χ2n) is 6.40. The Morgan fingerprint density at radius 1 is 1.28 bits per heavy atom. The zero-order valence-corrected chi connectivity index (χ0v) is 16.1. The maximum absolute atomic E-state index is 11.8. The van der Waals surface area contributed by atoms with Crippen LogP contribution in [-0.4, -0.2) is 63.2 Å². The summed E-state index contributed by atoms with van der Waals surface area (Å²) in [4.78, 5) is 45.4. The van der Waals surface area contributed by atoms with Gasteiger partial charge in [-0.3, -0.25) is 19.1 Å². The average molecular weight is 417 g/mol. The standard InChI is InChI=1S/C15H23N3O7.C2H4O2/c16-6-3-1-2-4-11(20)24-8-9-12(21)13(22)14(25-9)18-7-5-10(19)17-15(18)23;1-2(3)4/h5,7,9,12-14,21-22H,1-4,6,8,16H2,(H,17,19,23);1H3,(H,3,4)/t9-,12-,13-,14-;/m1./s1. The molecule has 29 heavy (non-hydrogen) atoms. The number of aliphatic hydroxyl groups is 2. The van der Waals surface area contributed by atoms with Crippen LogP contribution < -0.4 is 22.1 Å². The van der Waals surface area contributed by atoms with E-state index in [1.807, 2.05) is 4.98 Å². The second kappa shape index (κ2) is 12.1. The van der Waals surface area contributed by atoms with E-state index >= 15 is 0 Å². The van der Waals surface area contributed by atoms with Gasteiger partial charge in [0.05, 0.1) is 6.54 Å². The van der Waals surface area contributed by atoms with Crippen LogP contribution >= 0.6 is 0 Å². The van der Waals surface area contributed by atoms with Gasteiger partial charge in [0.25, 0.3) is 5.56 Å². The number of aromatic amines is 1. The van der Waals surface area contributed by atoms with E-state index in [9.17, 15) is 24.6 Å². The number of aromatic nitrogens is 2. The van der Waals surface area contributed by atoms with Crippen molar-refractivity contribution in [1.82, 2.24) is 9.55 Å². The minimum Gasteiger partial charge on any atom is -0.550 e. The molecule has 12 nitrogen and oxygen atoms in total. The molecule has 0 spiro atoms. The predicted molar refractivity (Wildman–Crippen MR) is 95.1 cm³/mol. The number of aliphatic carboxylic acids is 1. The van der Waals surface area contributed by atoms with E-state index in [0.29, 0.717) is 6.42 Å². The maximum atomic E-state index is 11.8. The van der Waals surface area contributed by atoms with Crippen LogP contribution in [0.4, 0.5) is 0 Å². The number of esters is 1. The molecule has 6 N–H and O–H groups in total. The Morgan fingerprint density at radius 3 is 2.52 bits per heavy atom. The van der Waals surface area contributed by atoms with Crippen molar-refractivity contribution in [1.29, 1.82) is 0 Å². The lowest BCUT2D eigenvalue weighted by atomic mass is 10.1. The zero-order valence-electron chi connectivity index (χ0n) is 16.1. The summed E-state index contributed by atoms with van der Waals surface area (Å²) in [6, 6.07) is 1.10. The number of ether oxygens (including phenoxy) is 2. The lowest BCUT2D eigenvalue weighted by molar-refractivity contribution is -0.368. The molecule has 1 aliphatic heterocycles. The molecule has 2 rings (SSSR count). The Hall–Kier alpha value is -2.54. The highest BCUT2D eigenvalue weighted by Gasteiger charge is 2.44. The largest absolute Gasteiger partial charge is 0.550 e. The molecule has 1 aromatic rings. The van der Waals surface area contributed by atoms with Crippen molar-refractivity contribution in [3.8, 4) is 0 Å². The molecule has 1 aromatic heterocycles. The molecule has 1 aliphatic rings. The van der Waals surface area contributed by atoms with E-state index in [1.165, 1.54) is 6.20 Å². The number of nitrogens with zero attached hydrogens (tertiary/aromatic N) is 1. The van der Waals surface area contributed by atoms with E-state index in [0.717, 1.165) is 36.9 Å². The molecule has 0 bridgehead atoms. The molecule has 0 amide bonds. The summed E-state index contributed by atoms with van der Waals surface area (Å²) in [6.07, 6.45) is -0.931. The van der Waals surface area contributed by atoms with Gasteiger partial charge in [-0.15, -0.1) is 0 Å². The van der Waals surface area contributed by atoms with Gasteiger partial charge in [-0.25, -0.2) is 4.79 Å². The predicted octanol–water partition coefficient (Wildman–Crippen LogP) is -3.74. The first-order valence-corrected chi connectivity index (χ1v) is 9.13. The van der Waals surface area contributed by atoms with Gasteiger partial charge in [-0.2, -0.15) is 0 Å². The molecule has 1 fully saturated rings. The molecule has 1 saturated heterocycles. The Kier molecular flexibility index (Phi) is 10.2. The van der Waals surface area contributed by atoms with Crippen LogP contribution in [0.25, 0.3) is 0 Å². The Bertz CT molecular complexity index is 772. The molecule has 0 unspecified atom stereocenters. The van der Waals surface area contributed by atoms with Crippen molar-refractivity contribution in [3.63, 3.8) is 0 Å². The minimum absolute atomic E-state index is 0.235. The van der Waals surface area contributed by atoms with Gasteiger partial charge < -0.3 is 35.3 Å². The number of carboxylic acid groups (broad SMARTS) is 1. The summed E-state index contributed by atoms with van der Waals surface area (Å²) in [6.45, 7) is 1.56. The lowest BCUT2D eigenvalue weighted by Gasteiger charge is -2.16. The maximum Gasteiger partial charge on any atom is 0.330 e. The van der Waals surface area contributed by atoms with Crippen LogP contribution in [-0.2, 0) is 19.1 Å². The molecule has 4 atom stereocenters. The third kappa shape index (κ3) is 8.15. The van der Waals surface area contributed by atoms with Crippen LogP contribution in [0.3, 0.4) is 0 Å². The van der Waals surface area contributed by atoms with E-state index < -0.39 is 47.7 Å². The number of rotatable bonds is 8. The highest BCUT2D eigenvalue weighted by molar-refractivity contribution is 5.69. The summed E-state index contributed by atoms with van der Waals surface area (Å²) in [5.41, 5.74) is 2.37. The van der Waals surface area contributed by atoms with Crippen LogP contribution in [0.1, 0.15) is 38.8 Å². The van der Waals surface area contributed by atoms with Gasteiger partial charge in [-0.05, 0) is 26.2 Å². The van der Waals surface area contributed by atoms with Gasteiger partial charge in [0.1, 0.15) is 24.9 Å². The number of carboxylic acids is 1. The topological polar surface area (TPSA) is 199 Å². The molecule has 12 heteroatoms.